The van der Waals surface area contributed by atoms with Crippen molar-refractivity contribution < 1.29 is 13.2 Å². The number of aryl methyl sites for hydroxylation is 1. The molecule has 2 heterocycles. The number of nitrogens with zero attached hydrogens (tertiary/aromatic N) is 1. The molecule has 6 heteroatoms. The van der Waals surface area contributed by atoms with Gasteiger partial charge in [0.1, 0.15) is 5.84 Å². The Labute approximate surface area is 107 Å². The van der Waals surface area contributed by atoms with Crippen LogP contribution in [0, 0.1) is 6.92 Å². The van der Waals surface area contributed by atoms with E-state index < -0.39 is 11.7 Å². The zero-order chi connectivity index (χ0) is 13.6. The van der Waals surface area contributed by atoms with Gasteiger partial charge in [-0.1, -0.05) is 0 Å². The van der Waals surface area contributed by atoms with Crippen LogP contribution < -0.4 is 5.32 Å². The summed E-state index contributed by atoms with van der Waals surface area (Å²) < 4.78 is 38.3. The fourth-order valence-corrected chi connectivity index (χ4v) is 2.37. The summed E-state index contributed by atoms with van der Waals surface area (Å²) in [5, 5.41) is 3.65. The van der Waals surface area contributed by atoms with E-state index in [0.717, 1.165) is 23.9 Å². The Hall–Kier alpha value is -1.98. The van der Waals surface area contributed by atoms with Gasteiger partial charge >= 0.3 is 6.18 Å². The Kier molecular flexibility index (Phi) is 2.55. The lowest BCUT2D eigenvalue weighted by atomic mass is 10.1. The number of benzene rings is 1. The number of aliphatic imine (C=N–C) groups is 1. The normalized spacial score (nSPS) is 15.7. The summed E-state index contributed by atoms with van der Waals surface area (Å²) in [6.45, 7) is 3.21. The number of fused-ring (bicyclic) bond motifs is 1. The number of aromatic amines is 1. The molecule has 0 saturated carbocycles. The molecule has 0 bridgehead atoms. The number of rotatable bonds is 1. The summed E-state index contributed by atoms with van der Waals surface area (Å²) in [5.41, 5.74) is 1.61. The first-order chi connectivity index (χ1) is 8.97. The van der Waals surface area contributed by atoms with Gasteiger partial charge in [0.05, 0.1) is 12.1 Å². The van der Waals surface area contributed by atoms with E-state index in [2.05, 4.69) is 15.3 Å². The molecule has 1 aromatic heterocycles. The van der Waals surface area contributed by atoms with Gasteiger partial charge in [-0.05, 0) is 25.1 Å². The number of halogens is 3. The predicted molar refractivity (Wildman–Crippen MR) is 67.4 cm³/mol. The monoisotopic (exact) mass is 267 g/mol. The van der Waals surface area contributed by atoms with Crippen LogP contribution >= 0.6 is 0 Å². The maximum Gasteiger partial charge on any atom is 0.416 e. The van der Waals surface area contributed by atoms with Crippen LogP contribution in [-0.4, -0.2) is 23.9 Å². The Morgan fingerprint density at radius 1 is 1.26 bits per heavy atom. The highest BCUT2D eigenvalue weighted by molar-refractivity contribution is 6.11. The van der Waals surface area contributed by atoms with Crippen LogP contribution in [0.15, 0.2) is 23.2 Å². The molecule has 1 aromatic carbocycles. The molecule has 2 N–H and O–H groups in total. The van der Waals surface area contributed by atoms with E-state index in [4.69, 9.17) is 0 Å². The fourth-order valence-electron chi connectivity index (χ4n) is 2.37. The van der Waals surface area contributed by atoms with Crippen LogP contribution in [0.25, 0.3) is 10.9 Å². The first-order valence-electron chi connectivity index (χ1n) is 5.95. The van der Waals surface area contributed by atoms with Gasteiger partial charge < -0.3 is 10.3 Å². The summed E-state index contributed by atoms with van der Waals surface area (Å²) in [6, 6.07) is 3.73. The molecule has 0 spiro atoms. The minimum absolute atomic E-state index is 0.556. The van der Waals surface area contributed by atoms with E-state index in [9.17, 15) is 13.2 Å². The molecule has 3 rings (SSSR count). The summed E-state index contributed by atoms with van der Waals surface area (Å²) in [5.74, 6) is 0.670. The number of hydrogen-bond acceptors (Lipinski definition) is 2. The van der Waals surface area contributed by atoms with E-state index in [1.165, 1.54) is 12.1 Å². The molecule has 1 aliphatic heterocycles. The second kappa shape index (κ2) is 4.01. The van der Waals surface area contributed by atoms with Crippen LogP contribution in [0.1, 0.15) is 16.8 Å². The summed E-state index contributed by atoms with van der Waals surface area (Å²) >= 11 is 0. The number of hydrogen-bond donors (Lipinski definition) is 2. The maximum atomic E-state index is 12.8. The second-order valence-corrected chi connectivity index (χ2v) is 4.54. The van der Waals surface area contributed by atoms with E-state index in [-0.39, 0.29) is 0 Å². The van der Waals surface area contributed by atoms with Gasteiger partial charge in [-0.3, -0.25) is 4.99 Å². The van der Waals surface area contributed by atoms with E-state index in [1.54, 1.807) is 0 Å². The van der Waals surface area contributed by atoms with Crippen LogP contribution in [0.4, 0.5) is 13.2 Å². The SMILES string of the molecule is Cc1[nH]c2ccc(C(F)(F)F)cc2c1C1=NCCN1. The number of aromatic nitrogens is 1. The maximum absolute atomic E-state index is 12.8. The van der Waals surface area contributed by atoms with Gasteiger partial charge in [-0.15, -0.1) is 0 Å². The number of amidine groups is 1. The van der Waals surface area contributed by atoms with E-state index in [1.807, 2.05) is 6.92 Å². The third-order valence-corrected chi connectivity index (χ3v) is 3.22. The Morgan fingerprint density at radius 3 is 2.68 bits per heavy atom. The third-order valence-electron chi connectivity index (χ3n) is 3.22. The molecule has 0 saturated heterocycles. The van der Waals surface area contributed by atoms with Crippen molar-refractivity contribution in [3.05, 3.63) is 35.0 Å². The molecule has 0 aliphatic carbocycles. The van der Waals surface area contributed by atoms with Crippen molar-refractivity contribution in [2.75, 3.05) is 13.1 Å². The van der Waals surface area contributed by atoms with Gasteiger partial charge in [0.25, 0.3) is 0 Å². The molecule has 1 aliphatic rings. The molecular formula is C13H12F3N3. The smallest absolute Gasteiger partial charge is 0.368 e. The van der Waals surface area contributed by atoms with Crippen molar-refractivity contribution in [1.82, 2.24) is 10.3 Å². The Balaban J connectivity index is 2.23. The summed E-state index contributed by atoms with van der Waals surface area (Å²) in [7, 11) is 0. The lowest BCUT2D eigenvalue weighted by Crippen LogP contribution is -2.20. The lowest BCUT2D eigenvalue weighted by molar-refractivity contribution is -0.137. The molecule has 0 amide bonds. The quantitative estimate of drug-likeness (QED) is 0.819. The first kappa shape index (κ1) is 12.1. The minimum atomic E-state index is -4.33. The molecule has 3 nitrogen and oxygen atoms in total. The first-order valence-corrected chi connectivity index (χ1v) is 5.95. The predicted octanol–water partition coefficient (Wildman–Crippen LogP) is 2.84. The summed E-state index contributed by atoms with van der Waals surface area (Å²) in [4.78, 5) is 7.38. The van der Waals surface area contributed by atoms with Gasteiger partial charge in [-0.25, -0.2) is 0 Å². The van der Waals surface area contributed by atoms with Crippen molar-refractivity contribution in [2.24, 2.45) is 4.99 Å². The average Bonchev–Trinajstić information content (AvgIpc) is 2.92. The summed E-state index contributed by atoms with van der Waals surface area (Å²) in [6.07, 6.45) is -4.33. The van der Waals surface area contributed by atoms with Crippen LogP contribution in [-0.2, 0) is 6.18 Å². The van der Waals surface area contributed by atoms with Crippen molar-refractivity contribution in [3.63, 3.8) is 0 Å². The molecule has 2 aromatic rings. The van der Waals surface area contributed by atoms with Crippen LogP contribution in [0.3, 0.4) is 0 Å². The molecule has 19 heavy (non-hydrogen) atoms. The lowest BCUT2D eigenvalue weighted by Gasteiger charge is -2.07. The zero-order valence-corrected chi connectivity index (χ0v) is 10.2. The Morgan fingerprint density at radius 2 is 2.05 bits per heavy atom. The number of alkyl halides is 3. The molecule has 0 atom stereocenters. The van der Waals surface area contributed by atoms with Gasteiger partial charge in [0.2, 0.25) is 0 Å². The van der Waals surface area contributed by atoms with Gasteiger partial charge in [-0.2, -0.15) is 13.2 Å². The van der Waals surface area contributed by atoms with Crippen molar-refractivity contribution in [2.45, 2.75) is 13.1 Å². The van der Waals surface area contributed by atoms with Gasteiger partial charge in [0.15, 0.2) is 0 Å². The standard InChI is InChI=1S/C13H12F3N3/c1-7-11(12-17-4-5-18-12)9-6-8(13(14,15)16)2-3-10(9)19-7/h2-3,6,19H,4-5H2,1H3,(H,17,18). The molecule has 0 fully saturated rings. The minimum Gasteiger partial charge on any atom is -0.368 e. The number of H-pyrrole nitrogens is 1. The largest absolute Gasteiger partial charge is 0.416 e. The van der Waals surface area contributed by atoms with Crippen molar-refractivity contribution >= 4 is 16.7 Å². The fraction of sp³-hybridized carbons (Fsp3) is 0.308. The highest BCUT2D eigenvalue weighted by atomic mass is 19.4. The molecular weight excluding hydrogens is 255 g/mol. The highest BCUT2D eigenvalue weighted by Crippen LogP contribution is 2.33. The highest BCUT2D eigenvalue weighted by Gasteiger charge is 2.31. The Bertz CT molecular complexity index is 668. The second-order valence-electron chi connectivity index (χ2n) is 4.54. The third kappa shape index (κ3) is 1.97. The van der Waals surface area contributed by atoms with Crippen molar-refractivity contribution in [1.29, 1.82) is 0 Å². The zero-order valence-electron chi connectivity index (χ0n) is 10.2. The molecule has 100 valence electrons. The van der Waals surface area contributed by atoms with E-state index >= 15 is 0 Å². The van der Waals surface area contributed by atoms with E-state index in [0.29, 0.717) is 23.3 Å². The van der Waals surface area contributed by atoms with Gasteiger partial charge in [0, 0.05) is 28.7 Å². The molecule has 0 unspecified atom stereocenters. The molecule has 0 radical (unpaired) electrons. The van der Waals surface area contributed by atoms with Crippen LogP contribution in [0.5, 0.6) is 0 Å². The topological polar surface area (TPSA) is 40.2 Å². The average molecular weight is 267 g/mol. The van der Waals surface area contributed by atoms with Crippen molar-refractivity contribution in [3.8, 4) is 0 Å². The number of nitrogens with one attached hydrogen (secondary N) is 2. The van der Waals surface area contributed by atoms with Crippen LogP contribution in [0.2, 0.25) is 0 Å².